The van der Waals surface area contributed by atoms with Crippen LogP contribution in [0, 0.1) is 0 Å². The molecule has 4 nitrogen and oxygen atoms in total. The monoisotopic (exact) mass is 295 g/mol. The third-order valence-electron chi connectivity index (χ3n) is 2.32. The molecule has 2 aromatic heterocycles. The molecule has 0 radical (unpaired) electrons. The van der Waals surface area contributed by atoms with E-state index in [0.717, 1.165) is 29.0 Å². The molecule has 17 heavy (non-hydrogen) atoms. The number of nitrogens with one attached hydrogen (secondary N) is 1. The molecule has 1 N–H and O–H groups in total. The average Bonchev–Trinajstić information content (AvgIpc) is 2.81. The van der Waals surface area contributed by atoms with Gasteiger partial charge in [-0.3, -0.25) is 0 Å². The fourth-order valence-corrected chi connectivity index (χ4v) is 1.80. The van der Waals surface area contributed by atoms with E-state index in [0.29, 0.717) is 11.6 Å². The van der Waals surface area contributed by atoms with E-state index in [9.17, 15) is 0 Å². The van der Waals surface area contributed by atoms with Gasteiger partial charge in [-0.05, 0) is 35.0 Å². The number of hydrogen-bond acceptors (Lipinski definition) is 4. The topological polar surface area (TPSA) is 51.0 Å². The molecule has 5 heteroatoms. The molecule has 0 unspecified atom stereocenters. The molecule has 2 aromatic rings. The summed E-state index contributed by atoms with van der Waals surface area (Å²) in [5.41, 5.74) is 0. The van der Waals surface area contributed by atoms with Crippen LogP contribution in [0.4, 0.5) is 5.82 Å². The lowest BCUT2D eigenvalue weighted by Crippen LogP contribution is -2.02. The Morgan fingerprint density at radius 2 is 2.18 bits per heavy atom. The zero-order chi connectivity index (χ0) is 12.3. The lowest BCUT2D eigenvalue weighted by Gasteiger charge is -2.05. The number of furan rings is 1. The zero-order valence-corrected chi connectivity index (χ0v) is 11.4. The van der Waals surface area contributed by atoms with Crippen LogP contribution in [-0.4, -0.2) is 16.5 Å². The molecule has 2 rings (SSSR count). The molecule has 90 valence electrons. The fourth-order valence-electron chi connectivity index (χ4n) is 1.47. The molecular formula is C12H14BrN3O. The van der Waals surface area contributed by atoms with Gasteiger partial charge in [0.15, 0.2) is 11.6 Å². The van der Waals surface area contributed by atoms with E-state index in [4.69, 9.17) is 4.42 Å². The van der Waals surface area contributed by atoms with E-state index in [-0.39, 0.29) is 0 Å². The summed E-state index contributed by atoms with van der Waals surface area (Å²) in [6, 6.07) is 3.85. The highest BCUT2D eigenvalue weighted by Gasteiger charge is 2.09. The van der Waals surface area contributed by atoms with Gasteiger partial charge in [-0.15, -0.1) is 0 Å². The predicted molar refractivity (Wildman–Crippen MR) is 71.0 cm³/mol. The van der Waals surface area contributed by atoms with Crippen LogP contribution in [0.5, 0.6) is 0 Å². The smallest absolute Gasteiger partial charge is 0.197 e. The van der Waals surface area contributed by atoms with Gasteiger partial charge in [0.1, 0.15) is 11.6 Å². The Morgan fingerprint density at radius 3 is 2.82 bits per heavy atom. The second-order valence-electron chi connectivity index (χ2n) is 3.54. The van der Waals surface area contributed by atoms with Crippen molar-refractivity contribution in [1.29, 1.82) is 0 Å². The Morgan fingerprint density at radius 1 is 1.35 bits per heavy atom. The van der Waals surface area contributed by atoms with Crippen molar-refractivity contribution in [3.05, 3.63) is 28.6 Å². The highest BCUT2D eigenvalue weighted by Crippen LogP contribution is 2.24. The molecule has 0 fully saturated rings. The summed E-state index contributed by atoms with van der Waals surface area (Å²) in [4.78, 5) is 8.66. The third-order valence-corrected chi connectivity index (χ3v) is 2.90. The maximum Gasteiger partial charge on any atom is 0.197 e. The van der Waals surface area contributed by atoms with Gasteiger partial charge in [-0.25, -0.2) is 9.97 Å². The summed E-state index contributed by atoms with van der Waals surface area (Å²) in [6.45, 7) is 4.89. The molecule has 0 spiro atoms. The van der Waals surface area contributed by atoms with Gasteiger partial charge in [-0.2, -0.15) is 0 Å². The van der Waals surface area contributed by atoms with Crippen molar-refractivity contribution in [2.45, 2.75) is 20.3 Å². The molecule has 0 aromatic carbocycles. The second-order valence-corrected chi connectivity index (χ2v) is 4.39. The SMILES string of the molecule is CCNc1nc(-c2ccc(CC)o2)ncc1Br. The van der Waals surface area contributed by atoms with Crippen LogP contribution in [-0.2, 0) is 6.42 Å². The average molecular weight is 296 g/mol. The minimum absolute atomic E-state index is 0.601. The van der Waals surface area contributed by atoms with E-state index in [1.807, 2.05) is 19.1 Å². The molecule has 2 heterocycles. The maximum atomic E-state index is 5.62. The maximum absolute atomic E-state index is 5.62. The summed E-state index contributed by atoms with van der Waals surface area (Å²) in [7, 11) is 0. The first-order valence-corrected chi connectivity index (χ1v) is 6.39. The third kappa shape index (κ3) is 2.66. The number of aryl methyl sites for hydroxylation is 1. The quantitative estimate of drug-likeness (QED) is 0.938. The normalized spacial score (nSPS) is 10.5. The minimum Gasteiger partial charge on any atom is -0.458 e. The first-order chi connectivity index (χ1) is 8.24. The zero-order valence-electron chi connectivity index (χ0n) is 9.83. The molecule has 0 amide bonds. The van der Waals surface area contributed by atoms with E-state index >= 15 is 0 Å². The van der Waals surface area contributed by atoms with Crippen LogP contribution in [0.25, 0.3) is 11.6 Å². The molecule has 0 saturated heterocycles. The number of hydrogen-bond donors (Lipinski definition) is 1. The van der Waals surface area contributed by atoms with E-state index in [1.165, 1.54) is 0 Å². The van der Waals surface area contributed by atoms with Gasteiger partial charge in [0.05, 0.1) is 4.47 Å². The van der Waals surface area contributed by atoms with Crippen molar-refractivity contribution >= 4 is 21.7 Å². The van der Waals surface area contributed by atoms with E-state index in [1.54, 1.807) is 6.20 Å². The van der Waals surface area contributed by atoms with Gasteiger partial charge >= 0.3 is 0 Å². The van der Waals surface area contributed by atoms with Gasteiger partial charge in [0.2, 0.25) is 0 Å². The minimum atomic E-state index is 0.601. The predicted octanol–water partition coefficient (Wildman–Crippen LogP) is 3.49. The Bertz CT molecular complexity index is 510. The molecule has 0 aliphatic carbocycles. The second kappa shape index (κ2) is 5.31. The number of anilines is 1. The van der Waals surface area contributed by atoms with Crippen LogP contribution in [0.1, 0.15) is 19.6 Å². The number of nitrogens with zero attached hydrogens (tertiary/aromatic N) is 2. The number of aromatic nitrogens is 2. The van der Waals surface area contributed by atoms with Gasteiger partial charge in [-0.1, -0.05) is 6.92 Å². The molecule has 0 aliphatic heterocycles. The van der Waals surface area contributed by atoms with Gasteiger partial charge in [0, 0.05) is 19.2 Å². The van der Waals surface area contributed by atoms with Crippen molar-refractivity contribution in [1.82, 2.24) is 9.97 Å². The lowest BCUT2D eigenvalue weighted by atomic mass is 10.3. The van der Waals surface area contributed by atoms with Crippen molar-refractivity contribution < 1.29 is 4.42 Å². The summed E-state index contributed by atoms with van der Waals surface area (Å²) in [5, 5.41) is 3.17. The molecular weight excluding hydrogens is 282 g/mol. The van der Waals surface area contributed by atoms with Crippen LogP contribution in [0.2, 0.25) is 0 Å². The Balaban J connectivity index is 2.35. The summed E-state index contributed by atoms with van der Waals surface area (Å²) in [5.74, 6) is 3.03. The van der Waals surface area contributed by atoms with Crippen LogP contribution in [0.3, 0.4) is 0 Å². The van der Waals surface area contributed by atoms with Crippen molar-refractivity contribution in [3.63, 3.8) is 0 Å². The van der Waals surface area contributed by atoms with Crippen LogP contribution in [0.15, 0.2) is 27.2 Å². The molecule has 0 bridgehead atoms. The molecule has 0 saturated carbocycles. The number of rotatable bonds is 4. The Hall–Kier alpha value is -1.36. The largest absolute Gasteiger partial charge is 0.458 e. The number of halogens is 1. The Kier molecular flexibility index (Phi) is 3.78. The Labute approximate surface area is 109 Å². The molecule has 0 aliphatic rings. The van der Waals surface area contributed by atoms with Crippen LogP contribution < -0.4 is 5.32 Å². The van der Waals surface area contributed by atoms with E-state index < -0.39 is 0 Å². The standard InChI is InChI=1S/C12H14BrN3O/c1-3-8-5-6-10(17-8)12-15-7-9(13)11(16-12)14-4-2/h5-7H,3-4H2,1-2H3,(H,14,15,16). The lowest BCUT2D eigenvalue weighted by molar-refractivity contribution is 0.525. The van der Waals surface area contributed by atoms with Crippen LogP contribution >= 0.6 is 15.9 Å². The van der Waals surface area contributed by atoms with E-state index in [2.05, 4.69) is 38.1 Å². The summed E-state index contributed by atoms with van der Waals surface area (Å²) in [6.07, 6.45) is 2.60. The van der Waals surface area contributed by atoms with Gasteiger partial charge < -0.3 is 9.73 Å². The first-order valence-electron chi connectivity index (χ1n) is 5.60. The van der Waals surface area contributed by atoms with Crippen molar-refractivity contribution in [3.8, 4) is 11.6 Å². The molecule has 0 atom stereocenters. The highest BCUT2D eigenvalue weighted by molar-refractivity contribution is 9.10. The first kappa shape index (κ1) is 12.1. The summed E-state index contributed by atoms with van der Waals surface area (Å²) >= 11 is 3.40. The highest BCUT2D eigenvalue weighted by atomic mass is 79.9. The van der Waals surface area contributed by atoms with Crippen molar-refractivity contribution in [2.75, 3.05) is 11.9 Å². The van der Waals surface area contributed by atoms with Crippen molar-refractivity contribution in [2.24, 2.45) is 0 Å². The fraction of sp³-hybridized carbons (Fsp3) is 0.333. The summed E-state index contributed by atoms with van der Waals surface area (Å²) < 4.78 is 6.48. The van der Waals surface area contributed by atoms with Gasteiger partial charge in [0.25, 0.3) is 0 Å².